The number of phenolic OH excluding ortho intramolecular Hbond substituents is 1. The number of hydrazone groups is 1. The van der Waals surface area contributed by atoms with Crippen molar-refractivity contribution in [3.63, 3.8) is 0 Å². The van der Waals surface area contributed by atoms with Gasteiger partial charge in [-0.1, -0.05) is 24.3 Å². The van der Waals surface area contributed by atoms with Crippen LogP contribution in [-0.4, -0.2) is 20.4 Å². The highest BCUT2D eigenvalue weighted by molar-refractivity contribution is 5.83. The number of fused-ring (bicyclic) bond motifs is 1. The summed E-state index contributed by atoms with van der Waals surface area (Å²) in [5, 5.41) is 14.2. The maximum atomic E-state index is 12.3. The van der Waals surface area contributed by atoms with E-state index in [4.69, 9.17) is 0 Å². The third-order valence-electron chi connectivity index (χ3n) is 4.04. The number of aromatic hydroxyl groups is 1. The molecule has 0 amide bonds. The van der Waals surface area contributed by atoms with Gasteiger partial charge < -0.3 is 5.11 Å². The lowest BCUT2D eigenvalue weighted by atomic mass is 10.1. The van der Waals surface area contributed by atoms with E-state index >= 15 is 0 Å². The van der Waals surface area contributed by atoms with Gasteiger partial charge in [0.2, 0.25) is 5.95 Å². The van der Waals surface area contributed by atoms with Gasteiger partial charge in [-0.15, -0.1) is 0 Å². The Hall–Kier alpha value is -3.15. The second-order valence-electron chi connectivity index (χ2n) is 5.94. The second-order valence-corrected chi connectivity index (χ2v) is 5.94. The van der Waals surface area contributed by atoms with Gasteiger partial charge in [-0.05, 0) is 49.6 Å². The first-order valence-electron chi connectivity index (χ1n) is 8.07. The lowest BCUT2D eigenvalue weighted by Crippen LogP contribution is -2.21. The van der Waals surface area contributed by atoms with Crippen LogP contribution >= 0.6 is 0 Å². The average molecular weight is 336 g/mol. The summed E-state index contributed by atoms with van der Waals surface area (Å²) in [4.78, 5) is 16.8. The number of rotatable bonds is 5. The number of nitrogens with one attached hydrogen (secondary N) is 1. The summed E-state index contributed by atoms with van der Waals surface area (Å²) in [6.45, 7) is 1.92. The van der Waals surface area contributed by atoms with E-state index in [2.05, 4.69) is 15.5 Å². The molecule has 128 valence electrons. The molecule has 0 radical (unpaired) electrons. The number of phenols is 1. The Morgan fingerprint density at radius 2 is 1.92 bits per heavy atom. The van der Waals surface area contributed by atoms with E-state index in [1.54, 1.807) is 25.2 Å². The third-order valence-corrected chi connectivity index (χ3v) is 4.04. The fourth-order valence-corrected chi connectivity index (χ4v) is 2.51. The first-order valence-corrected chi connectivity index (χ1v) is 8.07. The van der Waals surface area contributed by atoms with Gasteiger partial charge in [0, 0.05) is 12.8 Å². The maximum absolute atomic E-state index is 12.3. The van der Waals surface area contributed by atoms with Gasteiger partial charge in [-0.2, -0.15) is 5.10 Å². The van der Waals surface area contributed by atoms with Crippen LogP contribution in [0.15, 0.2) is 58.4 Å². The van der Waals surface area contributed by atoms with Crippen molar-refractivity contribution in [3.05, 3.63) is 64.4 Å². The molecule has 0 saturated carbocycles. The van der Waals surface area contributed by atoms with E-state index in [0.29, 0.717) is 16.9 Å². The molecule has 6 nitrogen and oxygen atoms in total. The first-order chi connectivity index (χ1) is 12.0. The number of nitrogens with zero attached hydrogens (tertiary/aromatic N) is 3. The Morgan fingerprint density at radius 1 is 1.20 bits per heavy atom. The summed E-state index contributed by atoms with van der Waals surface area (Å²) >= 11 is 0. The Bertz CT molecular complexity index is 975. The van der Waals surface area contributed by atoms with Crippen molar-refractivity contribution >= 4 is 22.6 Å². The van der Waals surface area contributed by atoms with E-state index in [1.807, 2.05) is 37.3 Å². The van der Waals surface area contributed by atoms with Gasteiger partial charge in [0.25, 0.3) is 5.56 Å². The average Bonchev–Trinajstić information content (AvgIpc) is 2.63. The molecule has 1 heterocycles. The van der Waals surface area contributed by atoms with Gasteiger partial charge in [-0.3, -0.25) is 9.36 Å². The summed E-state index contributed by atoms with van der Waals surface area (Å²) in [6, 6.07) is 14.4. The van der Waals surface area contributed by atoms with Crippen molar-refractivity contribution in [3.8, 4) is 5.75 Å². The van der Waals surface area contributed by atoms with Crippen LogP contribution in [0.5, 0.6) is 5.75 Å². The topological polar surface area (TPSA) is 79.5 Å². The zero-order valence-corrected chi connectivity index (χ0v) is 14.2. The summed E-state index contributed by atoms with van der Waals surface area (Å²) in [5.41, 5.74) is 5.45. The summed E-state index contributed by atoms with van der Waals surface area (Å²) in [6.07, 6.45) is 1.58. The molecular formula is C19H20N4O2. The molecule has 0 saturated heterocycles. The van der Waals surface area contributed by atoms with Crippen LogP contribution in [0.2, 0.25) is 0 Å². The van der Waals surface area contributed by atoms with Gasteiger partial charge in [0.05, 0.1) is 10.9 Å². The number of hydrogen-bond donors (Lipinski definition) is 2. The predicted molar refractivity (Wildman–Crippen MR) is 100 cm³/mol. The normalized spacial score (nSPS) is 11.7. The molecule has 3 rings (SSSR count). The first kappa shape index (κ1) is 16.7. The van der Waals surface area contributed by atoms with E-state index in [1.165, 1.54) is 4.57 Å². The quantitative estimate of drug-likeness (QED) is 0.554. The van der Waals surface area contributed by atoms with Crippen LogP contribution in [0.4, 0.5) is 5.95 Å². The molecule has 0 unspecified atom stereocenters. The number of benzene rings is 2. The smallest absolute Gasteiger partial charge is 0.262 e. The maximum Gasteiger partial charge on any atom is 0.262 e. The highest BCUT2D eigenvalue weighted by Gasteiger charge is 2.07. The van der Waals surface area contributed by atoms with E-state index in [0.717, 1.165) is 24.1 Å². The highest BCUT2D eigenvalue weighted by Crippen LogP contribution is 2.12. The molecule has 0 aliphatic carbocycles. The second kappa shape index (κ2) is 7.17. The van der Waals surface area contributed by atoms with Gasteiger partial charge in [-0.25, -0.2) is 10.4 Å². The van der Waals surface area contributed by atoms with Crippen LogP contribution in [0.3, 0.4) is 0 Å². The number of aryl methyl sites for hydroxylation is 1. The van der Waals surface area contributed by atoms with Crippen molar-refractivity contribution in [1.29, 1.82) is 0 Å². The molecule has 1 aromatic heterocycles. The SMILES string of the molecule is C/C(CCc1ccc(O)cc1)=N\Nc1nc2ccccc2c(=O)n1C. The molecule has 0 spiro atoms. The molecule has 25 heavy (non-hydrogen) atoms. The molecule has 3 aromatic rings. The molecular weight excluding hydrogens is 316 g/mol. The standard InChI is InChI=1S/C19H20N4O2/c1-13(7-8-14-9-11-15(24)12-10-14)21-22-19-20-17-6-4-3-5-16(17)18(25)23(19)2/h3-6,9-12,24H,7-8H2,1-2H3,(H,20,22)/b21-13+. The molecule has 6 heteroatoms. The Balaban J connectivity index is 1.72. The molecule has 0 atom stereocenters. The largest absolute Gasteiger partial charge is 0.508 e. The molecule has 0 fully saturated rings. The van der Waals surface area contributed by atoms with Gasteiger partial charge in [0.1, 0.15) is 5.75 Å². The van der Waals surface area contributed by atoms with Gasteiger partial charge >= 0.3 is 0 Å². The lowest BCUT2D eigenvalue weighted by molar-refractivity contribution is 0.475. The number of anilines is 1. The Morgan fingerprint density at radius 3 is 2.68 bits per heavy atom. The van der Waals surface area contributed by atoms with Gasteiger partial charge in [0.15, 0.2) is 0 Å². The fraction of sp³-hybridized carbons (Fsp3) is 0.211. The third kappa shape index (κ3) is 3.85. The number of aromatic nitrogens is 2. The molecule has 0 aliphatic rings. The monoisotopic (exact) mass is 336 g/mol. The van der Waals surface area contributed by atoms with Crippen molar-refractivity contribution in [2.45, 2.75) is 19.8 Å². The van der Waals surface area contributed by atoms with Crippen LogP contribution in [0, 0.1) is 0 Å². The Labute approximate surface area is 145 Å². The predicted octanol–water partition coefficient (Wildman–Crippen LogP) is 3.06. The van der Waals surface area contributed by atoms with E-state index in [9.17, 15) is 9.90 Å². The molecule has 0 bridgehead atoms. The minimum atomic E-state index is -0.106. The van der Waals surface area contributed by atoms with Crippen LogP contribution in [0.25, 0.3) is 10.9 Å². The summed E-state index contributed by atoms with van der Waals surface area (Å²) in [7, 11) is 1.67. The fourth-order valence-electron chi connectivity index (χ4n) is 2.51. The molecule has 2 aromatic carbocycles. The Kier molecular flexibility index (Phi) is 4.79. The number of para-hydroxylation sites is 1. The van der Waals surface area contributed by atoms with Crippen LogP contribution < -0.4 is 11.0 Å². The van der Waals surface area contributed by atoms with Crippen LogP contribution in [0.1, 0.15) is 18.9 Å². The molecule has 2 N–H and O–H groups in total. The van der Waals surface area contributed by atoms with Crippen molar-refractivity contribution < 1.29 is 5.11 Å². The minimum absolute atomic E-state index is 0.106. The number of hydrogen-bond acceptors (Lipinski definition) is 5. The van der Waals surface area contributed by atoms with Crippen molar-refractivity contribution in [2.75, 3.05) is 5.43 Å². The summed E-state index contributed by atoms with van der Waals surface area (Å²) < 4.78 is 1.46. The zero-order valence-electron chi connectivity index (χ0n) is 14.2. The van der Waals surface area contributed by atoms with Crippen molar-refractivity contribution in [1.82, 2.24) is 9.55 Å². The zero-order chi connectivity index (χ0) is 17.8. The lowest BCUT2D eigenvalue weighted by Gasteiger charge is -2.09. The van der Waals surface area contributed by atoms with Crippen molar-refractivity contribution in [2.24, 2.45) is 12.1 Å². The molecule has 0 aliphatic heterocycles. The highest BCUT2D eigenvalue weighted by atomic mass is 16.3. The van der Waals surface area contributed by atoms with E-state index in [-0.39, 0.29) is 11.3 Å². The minimum Gasteiger partial charge on any atom is -0.508 e. The summed E-state index contributed by atoms with van der Waals surface area (Å²) in [5.74, 6) is 0.673. The van der Waals surface area contributed by atoms with Crippen LogP contribution in [-0.2, 0) is 13.5 Å². The van der Waals surface area contributed by atoms with E-state index < -0.39 is 0 Å².